The van der Waals surface area contributed by atoms with Crippen LogP contribution in [0.2, 0.25) is 0 Å². The van der Waals surface area contributed by atoms with Crippen molar-refractivity contribution in [3.63, 3.8) is 0 Å². The third-order valence-electron chi connectivity index (χ3n) is 3.17. The molecule has 3 unspecified atom stereocenters. The molecule has 0 amide bonds. The molecule has 0 bridgehead atoms. The van der Waals surface area contributed by atoms with Gasteiger partial charge in [-0.1, -0.05) is 26.0 Å². The van der Waals surface area contributed by atoms with Crippen LogP contribution in [0.25, 0.3) is 0 Å². The zero-order valence-electron chi connectivity index (χ0n) is 9.74. The maximum absolute atomic E-state index is 12.9. The Morgan fingerprint density at radius 2 is 2.06 bits per heavy atom. The Bertz CT molecular complexity index is 338. The van der Waals surface area contributed by atoms with Gasteiger partial charge >= 0.3 is 0 Å². The molecule has 0 aliphatic carbocycles. The number of thioether (sulfide) groups is 1. The Kier molecular flexibility index (Phi) is 3.87. The Labute approximate surface area is 101 Å². The molecule has 0 radical (unpaired) electrons. The molecule has 1 N–H and O–H groups in total. The smallest absolute Gasteiger partial charge is 0.123 e. The molecule has 1 fully saturated rings. The van der Waals surface area contributed by atoms with Gasteiger partial charge < -0.3 is 5.32 Å². The maximum Gasteiger partial charge on any atom is 0.123 e. The quantitative estimate of drug-likeness (QED) is 0.849. The molecule has 2 rings (SSSR count). The third kappa shape index (κ3) is 2.58. The lowest BCUT2D eigenvalue weighted by atomic mass is 10.0. The fourth-order valence-corrected chi connectivity index (χ4v) is 3.37. The molecule has 3 atom stereocenters. The van der Waals surface area contributed by atoms with Crippen LogP contribution in [0.4, 0.5) is 4.39 Å². The van der Waals surface area contributed by atoms with Gasteiger partial charge in [-0.2, -0.15) is 11.8 Å². The molecular weight excluding hydrogens is 221 g/mol. The normalized spacial score (nSPS) is 30.3. The summed E-state index contributed by atoms with van der Waals surface area (Å²) in [5, 5.41) is 4.19. The number of hydrogen-bond donors (Lipinski definition) is 1. The predicted molar refractivity (Wildman–Crippen MR) is 68.3 cm³/mol. The average molecular weight is 239 g/mol. The lowest BCUT2D eigenvalue weighted by Gasteiger charge is -2.35. The van der Waals surface area contributed by atoms with Crippen molar-refractivity contribution in [2.75, 3.05) is 5.75 Å². The van der Waals surface area contributed by atoms with E-state index in [1.807, 2.05) is 23.9 Å². The number of nitrogens with one attached hydrogen (secondary N) is 1. The second-order valence-electron chi connectivity index (χ2n) is 4.34. The summed E-state index contributed by atoms with van der Waals surface area (Å²) in [6.07, 6.45) is 1.15. The van der Waals surface area contributed by atoms with Crippen molar-refractivity contribution in [2.45, 2.75) is 37.6 Å². The fraction of sp³-hybridized carbons (Fsp3) is 0.538. The maximum atomic E-state index is 12.9. The molecule has 0 aromatic heterocycles. The summed E-state index contributed by atoms with van der Waals surface area (Å²) in [4.78, 5) is 0. The average Bonchev–Trinajstić information content (AvgIpc) is 2.31. The summed E-state index contributed by atoms with van der Waals surface area (Å²) in [5.74, 6) is 1.02. The molecule has 3 heteroatoms. The minimum absolute atomic E-state index is 0.160. The Balaban J connectivity index is 2.14. The largest absolute Gasteiger partial charge is 0.305 e. The summed E-state index contributed by atoms with van der Waals surface area (Å²) in [7, 11) is 0. The van der Waals surface area contributed by atoms with Gasteiger partial charge in [-0.05, 0) is 24.1 Å². The molecule has 1 aromatic rings. The van der Waals surface area contributed by atoms with Crippen LogP contribution >= 0.6 is 11.8 Å². The first-order valence-electron chi connectivity index (χ1n) is 5.84. The van der Waals surface area contributed by atoms with Crippen LogP contribution in [0.15, 0.2) is 24.3 Å². The van der Waals surface area contributed by atoms with E-state index in [1.54, 1.807) is 12.1 Å². The monoisotopic (exact) mass is 239 g/mol. The summed E-state index contributed by atoms with van der Waals surface area (Å²) in [6, 6.07) is 7.80. The van der Waals surface area contributed by atoms with E-state index in [0.29, 0.717) is 17.3 Å². The van der Waals surface area contributed by atoms with Crippen molar-refractivity contribution in [1.29, 1.82) is 0 Å². The first-order valence-corrected chi connectivity index (χ1v) is 6.88. The SMILES string of the molecule is CCC1CSC(C)C(c2ccc(F)cc2)N1. The van der Waals surface area contributed by atoms with Crippen molar-refractivity contribution in [2.24, 2.45) is 0 Å². The topological polar surface area (TPSA) is 12.0 Å². The van der Waals surface area contributed by atoms with Gasteiger partial charge in [-0.3, -0.25) is 0 Å². The Morgan fingerprint density at radius 3 is 2.69 bits per heavy atom. The highest BCUT2D eigenvalue weighted by molar-refractivity contribution is 8.00. The lowest BCUT2D eigenvalue weighted by molar-refractivity contribution is 0.432. The van der Waals surface area contributed by atoms with Crippen LogP contribution in [0.3, 0.4) is 0 Å². The molecule has 1 heterocycles. The molecule has 1 aliphatic rings. The summed E-state index contributed by atoms with van der Waals surface area (Å²) < 4.78 is 12.9. The van der Waals surface area contributed by atoms with Gasteiger partial charge in [0.1, 0.15) is 5.82 Å². The molecule has 0 saturated carbocycles. The van der Waals surface area contributed by atoms with Gasteiger partial charge in [-0.25, -0.2) is 4.39 Å². The highest BCUT2D eigenvalue weighted by atomic mass is 32.2. The van der Waals surface area contributed by atoms with E-state index in [2.05, 4.69) is 19.2 Å². The number of halogens is 1. The summed E-state index contributed by atoms with van der Waals surface area (Å²) in [5.41, 5.74) is 1.19. The summed E-state index contributed by atoms with van der Waals surface area (Å²) >= 11 is 2.00. The van der Waals surface area contributed by atoms with Gasteiger partial charge in [0.2, 0.25) is 0 Å². The minimum atomic E-state index is -0.160. The van der Waals surface area contributed by atoms with Gasteiger partial charge in [-0.15, -0.1) is 0 Å². The first-order chi connectivity index (χ1) is 7.70. The lowest BCUT2D eigenvalue weighted by Crippen LogP contribution is -2.43. The van der Waals surface area contributed by atoms with E-state index in [9.17, 15) is 4.39 Å². The van der Waals surface area contributed by atoms with E-state index in [-0.39, 0.29) is 5.82 Å². The van der Waals surface area contributed by atoms with E-state index < -0.39 is 0 Å². The van der Waals surface area contributed by atoms with Crippen LogP contribution in [0.1, 0.15) is 31.9 Å². The molecule has 1 nitrogen and oxygen atoms in total. The zero-order valence-corrected chi connectivity index (χ0v) is 10.6. The van der Waals surface area contributed by atoms with Gasteiger partial charge in [0.15, 0.2) is 0 Å². The standard InChI is InChI=1S/C13H18FNS/c1-3-12-8-16-9(2)13(15-12)10-4-6-11(14)7-5-10/h4-7,9,12-13,15H,3,8H2,1-2H3. The highest BCUT2D eigenvalue weighted by Crippen LogP contribution is 2.32. The van der Waals surface area contributed by atoms with E-state index in [4.69, 9.17) is 0 Å². The van der Waals surface area contributed by atoms with Crippen molar-refractivity contribution in [3.8, 4) is 0 Å². The van der Waals surface area contributed by atoms with E-state index in [0.717, 1.165) is 6.42 Å². The second-order valence-corrected chi connectivity index (χ2v) is 5.75. The van der Waals surface area contributed by atoms with Crippen LogP contribution in [-0.2, 0) is 0 Å². The van der Waals surface area contributed by atoms with Crippen molar-refractivity contribution in [3.05, 3.63) is 35.6 Å². The van der Waals surface area contributed by atoms with E-state index >= 15 is 0 Å². The highest BCUT2D eigenvalue weighted by Gasteiger charge is 2.27. The van der Waals surface area contributed by atoms with Crippen LogP contribution in [-0.4, -0.2) is 17.0 Å². The van der Waals surface area contributed by atoms with Gasteiger partial charge in [0.25, 0.3) is 0 Å². The third-order valence-corrected chi connectivity index (χ3v) is 4.56. The first kappa shape index (κ1) is 11.9. The molecule has 1 aromatic carbocycles. The molecular formula is C13H18FNS. The van der Waals surface area contributed by atoms with Crippen molar-refractivity contribution < 1.29 is 4.39 Å². The van der Waals surface area contributed by atoms with Crippen molar-refractivity contribution in [1.82, 2.24) is 5.32 Å². The minimum Gasteiger partial charge on any atom is -0.305 e. The molecule has 88 valence electrons. The van der Waals surface area contributed by atoms with Gasteiger partial charge in [0.05, 0.1) is 0 Å². The molecule has 1 saturated heterocycles. The number of benzene rings is 1. The molecule has 0 spiro atoms. The van der Waals surface area contributed by atoms with Crippen molar-refractivity contribution >= 4 is 11.8 Å². The van der Waals surface area contributed by atoms with E-state index in [1.165, 1.54) is 11.3 Å². The zero-order chi connectivity index (χ0) is 11.5. The second kappa shape index (κ2) is 5.19. The Hall–Kier alpha value is -0.540. The molecule has 16 heavy (non-hydrogen) atoms. The number of hydrogen-bond acceptors (Lipinski definition) is 2. The van der Waals surface area contributed by atoms with Crippen LogP contribution < -0.4 is 5.32 Å². The number of rotatable bonds is 2. The molecule has 1 aliphatic heterocycles. The fourth-order valence-electron chi connectivity index (χ4n) is 2.07. The van der Waals surface area contributed by atoms with Gasteiger partial charge in [0, 0.05) is 23.1 Å². The summed E-state index contributed by atoms with van der Waals surface area (Å²) in [6.45, 7) is 4.44. The van der Waals surface area contributed by atoms with Crippen LogP contribution in [0.5, 0.6) is 0 Å². The Morgan fingerprint density at radius 1 is 1.38 bits per heavy atom. The predicted octanol–water partition coefficient (Wildman–Crippen LogP) is 3.37. The van der Waals surface area contributed by atoms with Crippen LogP contribution in [0, 0.1) is 5.82 Å².